The first-order chi connectivity index (χ1) is 12.2. The predicted octanol–water partition coefficient (Wildman–Crippen LogP) is 3.81. The molecule has 2 aromatic rings. The van der Waals surface area contributed by atoms with Gasteiger partial charge in [-0.2, -0.15) is 0 Å². The van der Waals surface area contributed by atoms with Crippen molar-refractivity contribution >= 4 is 33.2 Å². The van der Waals surface area contributed by atoms with E-state index in [1.54, 1.807) is 19.1 Å². The minimum absolute atomic E-state index is 0.0110. The van der Waals surface area contributed by atoms with Crippen LogP contribution in [0.25, 0.3) is 0 Å². The van der Waals surface area contributed by atoms with E-state index in [-0.39, 0.29) is 16.5 Å². The molecule has 6 nitrogen and oxygen atoms in total. The number of benzene rings is 2. The van der Waals surface area contributed by atoms with Crippen LogP contribution in [0.15, 0.2) is 29.2 Å². The first kappa shape index (κ1) is 20.6. The highest BCUT2D eigenvalue weighted by atomic mass is 35.5. The van der Waals surface area contributed by atoms with Gasteiger partial charge in [0.2, 0.25) is 15.8 Å². The maximum Gasteiger partial charge on any atom is 0.242 e. The van der Waals surface area contributed by atoms with Crippen LogP contribution in [-0.4, -0.2) is 29.7 Å². The van der Waals surface area contributed by atoms with Crippen molar-refractivity contribution in [2.45, 2.75) is 18.4 Å². The molecule has 0 aliphatic carbocycles. The molecule has 2 rings (SSSR count). The molecule has 0 aromatic heterocycles. The predicted molar refractivity (Wildman–Crippen MR) is 101 cm³/mol. The van der Waals surface area contributed by atoms with Crippen molar-refractivity contribution in [1.29, 1.82) is 0 Å². The van der Waals surface area contributed by atoms with Crippen molar-refractivity contribution in [1.82, 2.24) is 4.72 Å². The van der Waals surface area contributed by atoms with Gasteiger partial charge in [0.1, 0.15) is 4.90 Å². The van der Waals surface area contributed by atoms with E-state index >= 15 is 0 Å². The Labute approximate surface area is 163 Å². The van der Waals surface area contributed by atoms with Gasteiger partial charge in [-0.05, 0) is 42.3 Å². The number of methoxy groups -OCH3 is 3. The number of aryl methyl sites for hydroxylation is 1. The number of halogens is 2. The molecular formula is C17H19Cl2NO5S. The van der Waals surface area contributed by atoms with Gasteiger partial charge in [-0.15, -0.1) is 0 Å². The minimum atomic E-state index is -3.84. The van der Waals surface area contributed by atoms with Crippen LogP contribution in [-0.2, 0) is 16.6 Å². The van der Waals surface area contributed by atoms with E-state index < -0.39 is 10.0 Å². The van der Waals surface area contributed by atoms with Gasteiger partial charge in [-0.1, -0.05) is 23.2 Å². The van der Waals surface area contributed by atoms with E-state index in [4.69, 9.17) is 37.4 Å². The maximum atomic E-state index is 12.6. The van der Waals surface area contributed by atoms with Gasteiger partial charge in [-0.3, -0.25) is 0 Å². The van der Waals surface area contributed by atoms with Crippen LogP contribution in [0.2, 0.25) is 10.0 Å². The van der Waals surface area contributed by atoms with Gasteiger partial charge in [0.25, 0.3) is 0 Å². The Kier molecular flexibility index (Phi) is 6.63. The van der Waals surface area contributed by atoms with Crippen molar-refractivity contribution < 1.29 is 22.6 Å². The largest absolute Gasteiger partial charge is 0.493 e. The standard InChI is InChI=1S/C17H19Cl2NO5S/c1-10-5-16(13(19)8-12(10)18)26(21,22)20-9-11-6-14(23-2)17(25-4)15(7-11)24-3/h5-8,20H,9H2,1-4H3. The topological polar surface area (TPSA) is 73.9 Å². The summed E-state index contributed by atoms with van der Waals surface area (Å²) in [5.74, 6) is 1.29. The van der Waals surface area contributed by atoms with E-state index in [1.807, 2.05) is 0 Å². The average molecular weight is 420 g/mol. The van der Waals surface area contributed by atoms with Gasteiger partial charge < -0.3 is 14.2 Å². The lowest BCUT2D eigenvalue weighted by Crippen LogP contribution is -2.23. The second-order valence-electron chi connectivity index (χ2n) is 5.39. The van der Waals surface area contributed by atoms with Crippen molar-refractivity contribution in [3.8, 4) is 17.2 Å². The lowest BCUT2D eigenvalue weighted by molar-refractivity contribution is 0.323. The summed E-state index contributed by atoms with van der Waals surface area (Å²) < 4.78 is 43.5. The average Bonchev–Trinajstić information content (AvgIpc) is 2.61. The zero-order valence-electron chi connectivity index (χ0n) is 14.7. The molecule has 0 bridgehead atoms. The van der Waals surface area contributed by atoms with Gasteiger partial charge in [0.15, 0.2) is 11.5 Å². The lowest BCUT2D eigenvalue weighted by atomic mass is 10.2. The first-order valence-corrected chi connectivity index (χ1v) is 9.71. The van der Waals surface area contributed by atoms with E-state index in [0.29, 0.717) is 33.4 Å². The molecule has 0 saturated carbocycles. The molecule has 0 spiro atoms. The Hall–Kier alpha value is -1.67. The summed E-state index contributed by atoms with van der Waals surface area (Å²) in [7, 11) is 0.632. The van der Waals surface area contributed by atoms with E-state index in [9.17, 15) is 8.42 Å². The van der Waals surface area contributed by atoms with Crippen molar-refractivity contribution in [3.05, 3.63) is 45.4 Å². The monoisotopic (exact) mass is 419 g/mol. The molecule has 2 aromatic carbocycles. The Morgan fingerprint density at radius 1 is 0.923 bits per heavy atom. The Morgan fingerprint density at radius 3 is 2.00 bits per heavy atom. The summed E-state index contributed by atoms with van der Waals surface area (Å²) in [6, 6.07) is 6.17. The van der Waals surface area contributed by atoms with Crippen LogP contribution in [0, 0.1) is 6.92 Å². The third-order valence-corrected chi connectivity index (χ3v) is 5.97. The highest BCUT2D eigenvalue weighted by molar-refractivity contribution is 7.89. The quantitative estimate of drug-likeness (QED) is 0.738. The fraction of sp³-hybridized carbons (Fsp3) is 0.294. The number of sulfonamides is 1. The van der Waals surface area contributed by atoms with Crippen LogP contribution in [0.4, 0.5) is 0 Å². The summed E-state index contributed by atoms with van der Waals surface area (Å²) in [6.45, 7) is 1.72. The second-order valence-corrected chi connectivity index (χ2v) is 7.94. The van der Waals surface area contributed by atoms with E-state index in [2.05, 4.69) is 4.72 Å². The highest BCUT2D eigenvalue weighted by Gasteiger charge is 2.20. The van der Waals surface area contributed by atoms with Crippen molar-refractivity contribution in [2.75, 3.05) is 21.3 Å². The molecule has 0 aliphatic rings. The van der Waals surface area contributed by atoms with E-state index in [1.165, 1.54) is 33.5 Å². The van der Waals surface area contributed by atoms with Crippen molar-refractivity contribution in [3.63, 3.8) is 0 Å². The number of rotatable bonds is 7. The number of hydrogen-bond donors (Lipinski definition) is 1. The Balaban J connectivity index is 2.32. The fourth-order valence-corrected chi connectivity index (χ4v) is 4.18. The number of hydrogen-bond acceptors (Lipinski definition) is 5. The third kappa shape index (κ3) is 4.35. The molecule has 0 aliphatic heterocycles. The molecule has 1 N–H and O–H groups in total. The van der Waals surface area contributed by atoms with Crippen LogP contribution in [0.1, 0.15) is 11.1 Å². The van der Waals surface area contributed by atoms with Gasteiger partial charge in [-0.25, -0.2) is 13.1 Å². The van der Waals surface area contributed by atoms with Crippen LogP contribution < -0.4 is 18.9 Å². The summed E-state index contributed by atoms with van der Waals surface area (Å²) in [6.07, 6.45) is 0. The third-order valence-electron chi connectivity index (χ3n) is 3.69. The summed E-state index contributed by atoms with van der Waals surface area (Å²) in [4.78, 5) is -0.0338. The second kappa shape index (κ2) is 8.35. The molecular weight excluding hydrogens is 401 g/mol. The molecule has 0 radical (unpaired) electrons. The van der Waals surface area contributed by atoms with Gasteiger partial charge >= 0.3 is 0 Å². The SMILES string of the molecule is COc1cc(CNS(=O)(=O)c2cc(C)c(Cl)cc2Cl)cc(OC)c1OC. The minimum Gasteiger partial charge on any atom is -0.493 e. The molecule has 0 heterocycles. The van der Waals surface area contributed by atoms with Crippen LogP contribution in [0.3, 0.4) is 0 Å². The van der Waals surface area contributed by atoms with Gasteiger partial charge in [0, 0.05) is 11.6 Å². The highest BCUT2D eigenvalue weighted by Crippen LogP contribution is 2.38. The van der Waals surface area contributed by atoms with Crippen molar-refractivity contribution in [2.24, 2.45) is 0 Å². The summed E-state index contributed by atoms with van der Waals surface area (Å²) in [5.41, 5.74) is 1.24. The summed E-state index contributed by atoms with van der Waals surface area (Å²) >= 11 is 12.0. The molecule has 0 fully saturated rings. The van der Waals surface area contributed by atoms with Crippen LogP contribution in [0.5, 0.6) is 17.2 Å². The molecule has 142 valence electrons. The molecule has 26 heavy (non-hydrogen) atoms. The van der Waals surface area contributed by atoms with Gasteiger partial charge in [0.05, 0.1) is 26.4 Å². The number of nitrogens with one attached hydrogen (secondary N) is 1. The molecule has 0 amide bonds. The van der Waals surface area contributed by atoms with E-state index in [0.717, 1.165) is 0 Å². The zero-order valence-corrected chi connectivity index (χ0v) is 17.1. The summed E-state index contributed by atoms with van der Waals surface area (Å²) in [5, 5.41) is 0.455. The molecule has 0 unspecified atom stereocenters. The lowest BCUT2D eigenvalue weighted by Gasteiger charge is -2.15. The number of ether oxygens (including phenoxy) is 3. The van der Waals surface area contributed by atoms with Crippen LogP contribution >= 0.6 is 23.2 Å². The Morgan fingerprint density at radius 2 is 1.50 bits per heavy atom. The molecule has 9 heteroatoms. The molecule has 0 saturated heterocycles. The molecule has 0 atom stereocenters. The normalized spacial score (nSPS) is 11.3. The smallest absolute Gasteiger partial charge is 0.242 e. The zero-order chi connectivity index (χ0) is 19.5. The maximum absolute atomic E-state index is 12.6. The fourth-order valence-electron chi connectivity index (χ4n) is 2.33. The Bertz CT molecular complexity index is 891. The first-order valence-electron chi connectivity index (χ1n) is 7.47.